The highest BCUT2D eigenvalue weighted by Crippen LogP contribution is 2.48. The Morgan fingerprint density at radius 2 is 1.75 bits per heavy atom. The minimum Gasteiger partial charge on any atom is -0.349 e. The number of aryl methyl sites for hydroxylation is 1. The number of rotatable bonds is 8. The Bertz CT molecular complexity index is 1910. The number of aromatic nitrogens is 3. The van der Waals surface area contributed by atoms with Crippen molar-refractivity contribution in [1.82, 2.24) is 24.8 Å². The topological polar surface area (TPSA) is 95.4 Å². The Morgan fingerprint density at radius 1 is 0.979 bits per heavy atom. The Kier molecular flexibility index (Phi) is 7.58. The van der Waals surface area contributed by atoms with Crippen molar-refractivity contribution in [2.45, 2.75) is 109 Å². The van der Waals surface area contributed by atoms with Gasteiger partial charge in [0.15, 0.2) is 5.82 Å². The Labute approximate surface area is 283 Å². The number of anilines is 3. The van der Waals surface area contributed by atoms with Crippen molar-refractivity contribution >= 4 is 40.0 Å². The van der Waals surface area contributed by atoms with E-state index in [-0.39, 0.29) is 29.9 Å². The van der Waals surface area contributed by atoms with E-state index < -0.39 is 5.41 Å². The van der Waals surface area contributed by atoms with Gasteiger partial charge in [-0.3, -0.25) is 9.59 Å². The predicted molar refractivity (Wildman–Crippen MR) is 191 cm³/mol. The number of nitrogens with one attached hydrogen (secondary N) is 2. The molecule has 2 aromatic carbocycles. The van der Waals surface area contributed by atoms with Crippen LogP contribution in [0.4, 0.5) is 17.2 Å². The second kappa shape index (κ2) is 11.7. The molecule has 4 aromatic rings. The van der Waals surface area contributed by atoms with Gasteiger partial charge in [-0.25, -0.2) is 9.97 Å². The lowest BCUT2D eigenvalue weighted by molar-refractivity contribution is -0.123. The van der Waals surface area contributed by atoms with Crippen LogP contribution < -0.4 is 15.5 Å². The Balaban J connectivity index is 1.15. The summed E-state index contributed by atoms with van der Waals surface area (Å²) in [5.74, 6) is 0.842. The molecule has 4 heterocycles. The van der Waals surface area contributed by atoms with E-state index in [9.17, 15) is 9.59 Å². The molecule has 0 radical (unpaired) electrons. The molecule has 9 heteroatoms. The van der Waals surface area contributed by atoms with Gasteiger partial charge >= 0.3 is 0 Å². The van der Waals surface area contributed by atoms with Crippen molar-refractivity contribution in [1.29, 1.82) is 0 Å². The normalized spacial score (nSPS) is 22.2. The monoisotopic (exact) mass is 645 g/mol. The number of benzene rings is 2. The molecule has 0 spiro atoms. The first-order valence-corrected chi connectivity index (χ1v) is 17.9. The van der Waals surface area contributed by atoms with Gasteiger partial charge in [-0.05, 0) is 122 Å². The summed E-state index contributed by atoms with van der Waals surface area (Å²) in [5, 5.41) is 6.69. The third-order valence-corrected chi connectivity index (χ3v) is 11.1. The number of pyridine rings is 1. The zero-order valence-electron chi connectivity index (χ0n) is 28.8. The summed E-state index contributed by atoms with van der Waals surface area (Å²) in [4.78, 5) is 41.8. The lowest BCUT2D eigenvalue weighted by Crippen LogP contribution is -2.57. The number of piperidine rings is 1. The molecule has 9 nitrogen and oxygen atoms in total. The lowest BCUT2D eigenvalue weighted by Gasteiger charge is -2.48. The molecule has 0 atom stereocenters. The molecule has 48 heavy (non-hydrogen) atoms. The van der Waals surface area contributed by atoms with Crippen molar-refractivity contribution < 1.29 is 9.59 Å². The van der Waals surface area contributed by atoms with Crippen LogP contribution >= 0.6 is 0 Å². The van der Waals surface area contributed by atoms with Crippen LogP contribution in [-0.2, 0) is 10.2 Å². The summed E-state index contributed by atoms with van der Waals surface area (Å²) in [6.07, 6.45) is 9.93. The van der Waals surface area contributed by atoms with Crippen molar-refractivity contribution in [3.8, 4) is 11.3 Å². The molecule has 0 bridgehead atoms. The second-order valence-electron chi connectivity index (χ2n) is 15.3. The van der Waals surface area contributed by atoms with E-state index in [1.54, 1.807) is 0 Å². The smallest absolute Gasteiger partial charge is 0.251 e. The molecule has 2 aromatic heterocycles. The summed E-state index contributed by atoms with van der Waals surface area (Å²) in [5.41, 5.74) is 7.42. The Hall–Kier alpha value is -4.24. The van der Waals surface area contributed by atoms with Crippen molar-refractivity contribution in [2.24, 2.45) is 0 Å². The van der Waals surface area contributed by atoms with Gasteiger partial charge in [-0.2, -0.15) is 0 Å². The average molecular weight is 646 g/mol. The van der Waals surface area contributed by atoms with Crippen LogP contribution in [0.2, 0.25) is 0 Å². The number of carbonyl (C=O) groups is 2. The van der Waals surface area contributed by atoms with Crippen LogP contribution in [0.15, 0.2) is 48.8 Å². The van der Waals surface area contributed by atoms with Gasteiger partial charge in [-0.1, -0.05) is 24.6 Å². The van der Waals surface area contributed by atoms with E-state index >= 15 is 0 Å². The second-order valence-corrected chi connectivity index (χ2v) is 15.3. The average Bonchev–Trinajstić information content (AvgIpc) is 3.72. The van der Waals surface area contributed by atoms with E-state index in [4.69, 9.17) is 9.97 Å². The van der Waals surface area contributed by atoms with Crippen LogP contribution in [0.25, 0.3) is 22.3 Å². The molecule has 2 amide bonds. The zero-order chi connectivity index (χ0) is 33.3. The number of carbonyl (C=O) groups excluding carboxylic acids is 2. The maximum absolute atomic E-state index is 14.0. The number of fused-ring (bicyclic) bond motifs is 2. The summed E-state index contributed by atoms with van der Waals surface area (Å²) < 4.78 is 2.13. The SMILES string of the molecule is Cc1ccc(Nc2nc(-c3ccc4c(c3)N(C3CC(N5CCCCC5)C3)C(=O)C4(C)C)cc3ncn(C(C)C)c23)cc1C(=O)NC1CC1. The van der Waals surface area contributed by atoms with E-state index in [2.05, 4.69) is 70.9 Å². The van der Waals surface area contributed by atoms with Gasteiger partial charge in [0, 0.05) is 46.7 Å². The fourth-order valence-corrected chi connectivity index (χ4v) is 7.92. The highest BCUT2D eigenvalue weighted by molar-refractivity contribution is 6.09. The van der Waals surface area contributed by atoms with Crippen molar-refractivity contribution in [3.05, 3.63) is 65.5 Å². The molecule has 250 valence electrons. The molecule has 2 aliphatic carbocycles. The number of hydrogen-bond acceptors (Lipinski definition) is 6. The highest BCUT2D eigenvalue weighted by atomic mass is 16.2. The molecule has 1 saturated heterocycles. The van der Waals surface area contributed by atoms with Crippen molar-refractivity contribution in [3.63, 3.8) is 0 Å². The Morgan fingerprint density at radius 3 is 2.48 bits per heavy atom. The molecule has 4 aliphatic rings. The summed E-state index contributed by atoms with van der Waals surface area (Å²) in [6, 6.07) is 15.6. The number of nitrogens with zero attached hydrogens (tertiary/aromatic N) is 5. The van der Waals surface area contributed by atoms with Gasteiger partial charge in [0.1, 0.15) is 5.52 Å². The molecular formula is C39H47N7O2. The molecular weight excluding hydrogens is 598 g/mol. The van der Waals surface area contributed by atoms with Crippen LogP contribution in [0.1, 0.15) is 100 Å². The summed E-state index contributed by atoms with van der Waals surface area (Å²) in [7, 11) is 0. The van der Waals surface area contributed by atoms with E-state index in [0.29, 0.717) is 17.4 Å². The van der Waals surface area contributed by atoms with Crippen molar-refractivity contribution in [2.75, 3.05) is 23.3 Å². The van der Waals surface area contributed by atoms with Crippen LogP contribution in [0.3, 0.4) is 0 Å². The number of hydrogen-bond donors (Lipinski definition) is 2. The number of imidazole rings is 1. The van der Waals surface area contributed by atoms with Gasteiger partial charge in [0.25, 0.3) is 5.91 Å². The minimum atomic E-state index is -0.570. The van der Waals surface area contributed by atoms with E-state index in [1.165, 1.54) is 32.4 Å². The summed E-state index contributed by atoms with van der Waals surface area (Å²) in [6.45, 7) is 12.7. The number of amides is 2. The summed E-state index contributed by atoms with van der Waals surface area (Å²) >= 11 is 0. The van der Waals surface area contributed by atoms with Crippen LogP contribution in [-0.4, -0.2) is 62.5 Å². The quantitative estimate of drug-likeness (QED) is 0.209. The maximum Gasteiger partial charge on any atom is 0.251 e. The molecule has 2 aliphatic heterocycles. The van der Waals surface area contributed by atoms with Gasteiger partial charge in [0.05, 0.1) is 23.0 Å². The van der Waals surface area contributed by atoms with Gasteiger partial charge in [0.2, 0.25) is 5.91 Å². The lowest BCUT2D eigenvalue weighted by atomic mass is 9.82. The largest absolute Gasteiger partial charge is 0.349 e. The minimum absolute atomic E-state index is 0.0355. The third kappa shape index (κ3) is 5.36. The predicted octanol–water partition coefficient (Wildman–Crippen LogP) is 7.26. The number of likely N-dealkylation sites (tertiary alicyclic amines) is 1. The van der Waals surface area contributed by atoms with E-state index in [0.717, 1.165) is 70.5 Å². The third-order valence-electron chi connectivity index (χ3n) is 11.1. The van der Waals surface area contributed by atoms with Gasteiger partial charge < -0.3 is 25.0 Å². The van der Waals surface area contributed by atoms with E-state index in [1.807, 2.05) is 37.5 Å². The molecule has 3 fully saturated rings. The maximum atomic E-state index is 14.0. The standard InChI is InChI=1S/C39H47N7O2/c1-23(2)45-22-40-33-21-32(43-36(35(33)45)41-27-11-9-24(3)30(18-27)37(47)42-26-12-13-26)25-10-14-31-34(17-25)46(38(48)39(31,4)5)29-19-28(20-29)44-15-7-6-8-16-44/h9-11,14,17-18,21-23,26,28-29H,6-8,12-13,15-16,19-20H2,1-5H3,(H,41,43)(H,42,47). The first-order valence-electron chi connectivity index (χ1n) is 17.9. The fraction of sp³-hybridized carbons (Fsp3) is 0.487. The fourth-order valence-electron chi connectivity index (χ4n) is 7.92. The molecule has 8 rings (SSSR count). The van der Waals surface area contributed by atoms with Crippen LogP contribution in [0, 0.1) is 6.92 Å². The van der Waals surface area contributed by atoms with Gasteiger partial charge in [-0.15, -0.1) is 0 Å². The highest BCUT2D eigenvalue weighted by Gasteiger charge is 2.50. The first kappa shape index (κ1) is 31.1. The molecule has 2 saturated carbocycles. The molecule has 0 unspecified atom stereocenters. The van der Waals surface area contributed by atoms with Crippen LogP contribution in [0.5, 0.6) is 0 Å². The zero-order valence-corrected chi connectivity index (χ0v) is 28.8. The molecule has 2 N–H and O–H groups in total. The first-order chi connectivity index (χ1) is 23.1.